The topological polar surface area (TPSA) is 95.1 Å². The number of fused-ring (bicyclic) bond motifs is 1. The van der Waals surface area contributed by atoms with Crippen LogP contribution in [0.5, 0.6) is 0 Å². The number of hydrogen-bond acceptors (Lipinski definition) is 6. The normalized spacial score (nSPS) is 11.5. The molecule has 3 aromatic heterocycles. The average Bonchev–Trinajstić information content (AvgIpc) is 3.28. The zero-order valence-corrected chi connectivity index (χ0v) is 15.0. The van der Waals surface area contributed by atoms with Crippen molar-refractivity contribution < 1.29 is 4.42 Å². The summed E-state index contributed by atoms with van der Waals surface area (Å²) in [4.78, 5) is 13.2. The Morgan fingerprint density at radius 2 is 1.92 bits per heavy atom. The molecular weight excluding hydrogens is 328 g/mol. The number of nitrogens with zero attached hydrogens (tertiary/aromatic N) is 5. The van der Waals surface area contributed by atoms with E-state index in [4.69, 9.17) is 10.2 Å². The van der Waals surface area contributed by atoms with E-state index >= 15 is 0 Å². The van der Waals surface area contributed by atoms with Crippen molar-refractivity contribution in [2.45, 2.75) is 33.1 Å². The van der Waals surface area contributed by atoms with Gasteiger partial charge in [-0.05, 0) is 24.0 Å². The zero-order valence-electron chi connectivity index (χ0n) is 15.0. The summed E-state index contributed by atoms with van der Waals surface area (Å²) in [5.41, 5.74) is 10.6. The van der Waals surface area contributed by atoms with Gasteiger partial charge in [0.05, 0.1) is 6.20 Å². The lowest BCUT2D eigenvalue weighted by molar-refractivity contribution is 0.571. The summed E-state index contributed by atoms with van der Waals surface area (Å²) in [5, 5.41) is 4.52. The third kappa shape index (κ3) is 2.81. The number of oxazole rings is 1. The Bertz CT molecular complexity index is 1050. The number of rotatable bonds is 4. The maximum Gasteiger partial charge on any atom is 0.245 e. The fourth-order valence-corrected chi connectivity index (χ4v) is 2.94. The number of nitrogens with two attached hydrogens (primary N) is 1. The first-order valence-electron chi connectivity index (χ1n) is 8.53. The molecule has 4 aromatic rings. The summed E-state index contributed by atoms with van der Waals surface area (Å²) in [6.07, 6.45) is 3.72. The molecule has 7 heteroatoms. The second-order valence-electron chi connectivity index (χ2n) is 6.62. The highest BCUT2D eigenvalue weighted by molar-refractivity contribution is 5.65. The second-order valence-corrected chi connectivity index (χ2v) is 6.62. The first kappa shape index (κ1) is 16.3. The molecule has 1 aromatic carbocycles. The molecule has 3 heterocycles. The molecule has 132 valence electrons. The van der Waals surface area contributed by atoms with Gasteiger partial charge in [0.2, 0.25) is 11.8 Å². The van der Waals surface area contributed by atoms with Gasteiger partial charge < -0.3 is 10.2 Å². The Morgan fingerprint density at radius 1 is 1.15 bits per heavy atom. The van der Waals surface area contributed by atoms with E-state index in [2.05, 4.69) is 58.2 Å². The minimum Gasteiger partial charge on any atom is -0.443 e. The molecule has 2 N–H and O–H groups in total. The number of hydrogen-bond donors (Lipinski definition) is 1. The smallest absolute Gasteiger partial charge is 0.245 e. The molecule has 0 aliphatic carbocycles. The van der Waals surface area contributed by atoms with E-state index in [1.165, 1.54) is 11.8 Å². The monoisotopic (exact) mass is 348 g/mol. The van der Waals surface area contributed by atoms with Crippen molar-refractivity contribution >= 4 is 11.6 Å². The maximum absolute atomic E-state index is 6.07. The van der Waals surface area contributed by atoms with Crippen LogP contribution in [0.1, 0.15) is 42.3 Å². The Labute approximate surface area is 150 Å². The summed E-state index contributed by atoms with van der Waals surface area (Å²) in [6.45, 7) is 6.28. The molecule has 0 atom stereocenters. The SMILES string of the molecule is Cc1c(-c2ncco2)nc(N)n2nc(Cc3ccc(C(C)C)cc3)nc12. The Morgan fingerprint density at radius 3 is 2.58 bits per heavy atom. The van der Waals surface area contributed by atoms with E-state index in [0.29, 0.717) is 35.4 Å². The van der Waals surface area contributed by atoms with Crippen LogP contribution >= 0.6 is 0 Å². The van der Waals surface area contributed by atoms with Crippen molar-refractivity contribution in [2.75, 3.05) is 5.73 Å². The van der Waals surface area contributed by atoms with Crippen molar-refractivity contribution in [2.24, 2.45) is 0 Å². The first-order chi connectivity index (χ1) is 12.5. The molecule has 26 heavy (non-hydrogen) atoms. The van der Waals surface area contributed by atoms with E-state index in [1.807, 2.05) is 6.92 Å². The third-order valence-corrected chi connectivity index (χ3v) is 4.43. The van der Waals surface area contributed by atoms with Gasteiger partial charge in [0.25, 0.3) is 0 Å². The quantitative estimate of drug-likeness (QED) is 0.607. The zero-order chi connectivity index (χ0) is 18.3. The van der Waals surface area contributed by atoms with Gasteiger partial charge in [-0.1, -0.05) is 38.1 Å². The molecule has 0 fully saturated rings. The predicted molar refractivity (Wildman–Crippen MR) is 98.8 cm³/mol. The van der Waals surface area contributed by atoms with Crippen molar-refractivity contribution in [3.63, 3.8) is 0 Å². The number of benzene rings is 1. The third-order valence-electron chi connectivity index (χ3n) is 4.43. The molecular formula is C19H20N6O. The van der Waals surface area contributed by atoms with Gasteiger partial charge in [-0.25, -0.2) is 15.0 Å². The minimum absolute atomic E-state index is 0.257. The summed E-state index contributed by atoms with van der Waals surface area (Å²) < 4.78 is 6.92. The number of anilines is 1. The molecule has 0 saturated heterocycles. The van der Waals surface area contributed by atoms with E-state index in [1.54, 1.807) is 10.7 Å². The minimum atomic E-state index is 0.257. The first-order valence-corrected chi connectivity index (χ1v) is 8.53. The fraction of sp³-hybridized carbons (Fsp3) is 0.263. The van der Waals surface area contributed by atoms with E-state index in [9.17, 15) is 0 Å². The van der Waals surface area contributed by atoms with E-state index < -0.39 is 0 Å². The van der Waals surface area contributed by atoms with Crippen LogP contribution < -0.4 is 5.73 Å². The molecule has 0 unspecified atom stereocenters. The van der Waals surface area contributed by atoms with Crippen LogP contribution in [0.25, 0.3) is 17.2 Å². The number of aryl methyl sites for hydroxylation is 1. The van der Waals surface area contributed by atoms with Crippen molar-refractivity contribution in [3.05, 3.63) is 59.2 Å². The van der Waals surface area contributed by atoms with Crippen molar-refractivity contribution in [1.82, 2.24) is 24.6 Å². The lowest BCUT2D eigenvalue weighted by Gasteiger charge is -2.05. The predicted octanol–water partition coefficient (Wildman–Crippen LogP) is 3.38. The standard InChI is InChI=1S/C19H20N6O/c1-11(2)14-6-4-13(5-7-14)10-15-22-17-12(3)16(18-21-8-9-26-18)23-19(20)25(17)24-15/h4-9,11H,10H2,1-3H3,(H2,20,23). The molecule has 7 nitrogen and oxygen atoms in total. The molecule has 4 rings (SSSR count). The van der Waals surface area contributed by atoms with Crippen LogP contribution in [0.2, 0.25) is 0 Å². The van der Waals surface area contributed by atoms with Gasteiger partial charge in [0.1, 0.15) is 12.0 Å². The summed E-state index contributed by atoms with van der Waals surface area (Å²) in [5.74, 6) is 1.89. The summed E-state index contributed by atoms with van der Waals surface area (Å²) >= 11 is 0. The number of aromatic nitrogens is 5. The van der Waals surface area contributed by atoms with Crippen molar-refractivity contribution in [3.8, 4) is 11.6 Å². The van der Waals surface area contributed by atoms with Crippen LogP contribution in [0.4, 0.5) is 5.95 Å². The van der Waals surface area contributed by atoms with Crippen LogP contribution in [0.3, 0.4) is 0 Å². The molecule has 0 bridgehead atoms. The van der Waals surface area contributed by atoms with Crippen LogP contribution in [-0.2, 0) is 6.42 Å². The lowest BCUT2D eigenvalue weighted by Crippen LogP contribution is -2.05. The van der Waals surface area contributed by atoms with Crippen LogP contribution in [0.15, 0.2) is 41.1 Å². The Kier molecular flexibility index (Phi) is 3.91. The average molecular weight is 348 g/mol. The highest BCUT2D eigenvalue weighted by Crippen LogP contribution is 2.24. The Hall–Kier alpha value is -3.22. The van der Waals surface area contributed by atoms with Gasteiger partial charge in [-0.15, -0.1) is 5.10 Å². The van der Waals surface area contributed by atoms with Gasteiger partial charge in [-0.2, -0.15) is 4.52 Å². The highest BCUT2D eigenvalue weighted by Gasteiger charge is 2.17. The van der Waals surface area contributed by atoms with Crippen LogP contribution in [0, 0.1) is 6.92 Å². The number of nitrogen functional groups attached to an aromatic ring is 1. The van der Waals surface area contributed by atoms with Crippen molar-refractivity contribution in [1.29, 1.82) is 0 Å². The van der Waals surface area contributed by atoms with Crippen LogP contribution in [-0.4, -0.2) is 24.6 Å². The van der Waals surface area contributed by atoms with Gasteiger partial charge in [0, 0.05) is 12.0 Å². The van der Waals surface area contributed by atoms with E-state index in [0.717, 1.165) is 11.1 Å². The molecule has 0 aliphatic rings. The van der Waals surface area contributed by atoms with Gasteiger partial charge >= 0.3 is 0 Å². The lowest BCUT2D eigenvalue weighted by atomic mass is 10.0. The summed E-state index contributed by atoms with van der Waals surface area (Å²) in [7, 11) is 0. The fourth-order valence-electron chi connectivity index (χ4n) is 2.94. The molecule has 0 spiro atoms. The molecule has 0 radical (unpaired) electrons. The van der Waals surface area contributed by atoms with Gasteiger partial charge in [0.15, 0.2) is 11.5 Å². The highest BCUT2D eigenvalue weighted by atomic mass is 16.3. The molecule has 0 aliphatic heterocycles. The molecule has 0 saturated carbocycles. The Balaban J connectivity index is 1.71. The second kappa shape index (κ2) is 6.25. The largest absolute Gasteiger partial charge is 0.443 e. The maximum atomic E-state index is 6.07. The molecule has 0 amide bonds. The van der Waals surface area contributed by atoms with E-state index in [-0.39, 0.29) is 5.95 Å². The van der Waals surface area contributed by atoms with Gasteiger partial charge in [-0.3, -0.25) is 0 Å². The summed E-state index contributed by atoms with van der Waals surface area (Å²) in [6, 6.07) is 8.54.